The standard InChI is InChI=1S/C15H32N4O3S/c1-5-18(6-2)13(3)11-16-15(20)19-10-8-7-9-14(19)12-17-23(4,21)22/h13-14,17H,5-12H2,1-4H3,(H,16,20)/t13-,14+/m1/s1. The molecule has 1 heterocycles. The van der Waals surface area contributed by atoms with E-state index in [2.05, 4.69) is 35.7 Å². The number of sulfonamides is 1. The number of urea groups is 1. The summed E-state index contributed by atoms with van der Waals surface area (Å²) >= 11 is 0. The topological polar surface area (TPSA) is 81.8 Å². The van der Waals surface area contributed by atoms with E-state index in [9.17, 15) is 13.2 Å². The van der Waals surface area contributed by atoms with Gasteiger partial charge in [-0.05, 0) is 39.3 Å². The molecule has 0 radical (unpaired) electrons. The summed E-state index contributed by atoms with van der Waals surface area (Å²) < 4.78 is 25.1. The number of piperidine rings is 1. The average molecular weight is 349 g/mol. The number of hydrogen-bond acceptors (Lipinski definition) is 4. The van der Waals surface area contributed by atoms with Crippen molar-refractivity contribution in [3.8, 4) is 0 Å². The van der Waals surface area contributed by atoms with Crippen LogP contribution in [0.15, 0.2) is 0 Å². The second-order valence-corrected chi connectivity index (χ2v) is 8.05. The van der Waals surface area contributed by atoms with Gasteiger partial charge in [-0.15, -0.1) is 0 Å². The SMILES string of the molecule is CCN(CC)[C@H](C)CNC(=O)N1CCCC[C@H]1CNS(C)(=O)=O. The molecule has 1 aliphatic heterocycles. The molecule has 0 bridgehead atoms. The van der Waals surface area contributed by atoms with Crippen molar-refractivity contribution in [2.75, 3.05) is 39.0 Å². The van der Waals surface area contributed by atoms with Gasteiger partial charge in [0.15, 0.2) is 0 Å². The van der Waals surface area contributed by atoms with E-state index in [0.29, 0.717) is 13.1 Å². The maximum atomic E-state index is 12.5. The third-order valence-corrected chi connectivity index (χ3v) is 5.14. The summed E-state index contributed by atoms with van der Waals surface area (Å²) in [6, 6.07) is 0.123. The molecule has 0 aromatic rings. The quantitative estimate of drug-likeness (QED) is 0.681. The monoisotopic (exact) mass is 348 g/mol. The Morgan fingerprint density at radius 2 is 1.96 bits per heavy atom. The van der Waals surface area contributed by atoms with E-state index in [1.54, 1.807) is 4.90 Å². The van der Waals surface area contributed by atoms with Gasteiger partial charge in [0.05, 0.1) is 6.26 Å². The fraction of sp³-hybridized carbons (Fsp3) is 0.933. The number of amides is 2. The van der Waals surface area contributed by atoms with Crippen molar-refractivity contribution in [2.45, 2.75) is 52.1 Å². The fourth-order valence-electron chi connectivity index (χ4n) is 3.04. The lowest BCUT2D eigenvalue weighted by Crippen LogP contribution is -2.54. The van der Waals surface area contributed by atoms with Crippen LogP contribution >= 0.6 is 0 Å². The fourth-order valence-corrected chi connectivity index (χ4v) is 3.54. The van der Waals surface area contributed by atoms with E-state index in [-0.39, 0.29) is 24.7 Å². The molecule has 0 spiro atoms. The molecule has 0 saturated carbocycles. The first-order valence-electron chi connectivity index (χ1n) is 8.51. The Bertz CT molecular complexity index is 465. The van der Waals surface area contributed by atoms with E-state index in [0.717, 1.165) is 38.6 Å². The zero-order chi connectivity index (χ0) is 17.5. The van der Waals surface area contributed by atoms with Gasteiger partial charge in [-0.1, -0.05) is 13.8 Å². The highest BCUT2D eigenvalue weighted by Gasteiger charge is 2.27. The Balaban J connectivity index is 2.54. The van der Waals surface area contributed by atoms with Gasteiger partial charge < -0.3 is 10.2 Å². The van der Waals surface area contributed by atoms with Crippen LogP contribution in [0.1, 0.15) is 40.0 Å². The van der Waals surface area contributed by atoms with Gasteiger partial charge in [0, 0.05) is 31.7 Å². The third-order valence-electron chi connectivity index (χ3n) is 4.45. The molecular weight excluding hydrogens is 316 g/mol. The molecule has 1 rings (SSSR count). The molecule has 2 atom stereocenters. The van der Waals surface area contributed by atoms with Crippen molar-refractivity contribution in [1.29, 1.82) is 0 Å². The van der Waals surface area contributed by atoms with Gasteiger partial charge in [0.1, 0.15) is 0 Å². The molecule has 1 saturated heterocycles. The van der Waals surface area contributed by atoms with Crippen LogP contribution in [0.3, 0.4) is 0 Å². The van der Waals surface area contributed by atoms with Crippen molar-refractivity contribution in [3.63, 3.8) is 0 Å². The van der Waals surface area contributed by atoms with Gasteiger partial charge in [0.2, 0.25) is 10.0 Å². The maximum absolute atomic E-state index is 12.5. The number of nitrogens with one attached hydrogen (secondary N) is 2. The molecule has 0 aromatic carbocycles. The zero-order valence-corrected chi connectivity index (χ0v) is 15.7. The Morgan fingerprint density at radius 3 is 2.52 bits per heavy atom. The minimum absolute atomic E-state index is 0.0674. The Kier molecular flexibility index (Phi) is 8.28. The first-order valence-corrected chi connectivity index (χ1v) is 10.4. The number of carbonyl (C=O) groups is 1. The lowest BCUT2D eigenvalue weighted by Gasteiger charge is -2.36. The van der Waals surface area contributed by atoms with Crippen LogP contribution in [0.2, 0.25) is 0 Å². The number of likely N-dealkylation sites (tertiary alicyclic amines) is 1. The molecule has 8 heteroatoms. The predicted octanol–water partition coefficient (Wildman–Crippen LogP) is 0.830. The number of nitrogens with zero attached hydrogens (tertiary/aromatic N) is 2. The van der Waals surface area contributed by atoms with Crippen LogP contribution in [0, 0.1) is 0 Å². The Labute approximate surface area is 140 Å². The molecule has 1 fully saturated rings. The molecule has 2 N–H and O–H groups in total. The lowest BCUT2D eigenvalue weighted by molar-refractivity contribution is 0.147. The van der Waals surface area contributed by atoms with E-state index in [1.165, 1.54) is 0 Å². The average Bonchev–Trinajstić information content (AvgIpc) is 2.51. The highest BCUT2D eigenvalue weighted by atomic mass is 32.2. The third kappa shape index (κ3) is 7.05. The highest BCUT2D eigenvalue weighted by molar-refractivity contribution is 7.88. The molecular formula is C15H32N4O3S. The van der Waals surface area contributed by atoms with Gasteiger partial charge in [-0.2, -0.15) is 0 Å². The lowest BCUT2D eigenvalue weighted by atomic mass is 10.0. The van der Waals surface area contributed by atoms with Crippen LogP contribution in [0.5, 0.6) is 0 Å². The van der Waals surface area contributed by atoms with Crippen molar-refractivity contribution < 1.29 is 13.2 Å². The molecule has 23 heavy (non-hydrogen) atoms. The molecule has 1 aliphatic rings. The number of likely N-dealkylation sites (N-methyl/N-ethyl adjacent to an activating group) is 1. The predicted molar refractivity (Wildman–Crippen MR) is 93.0 cm³/mol. The van der Waals surface area contributed by atoms with Gasteiger partial charge in [-0.25, -0.2) is 17.9 Å². The number of hydrogen-bond donors (Lipinski definition) is 2. The van der Waals surface area contributed by atoms with Crippen LogP contribution in [-0.4, -0.2) is 75.3 Å². The summed E-state index contributed by atoms with van der Waals surface area (Å²) in [4.78, 5) is 16.5. The summed E-state index contributed by atoms with van der Waals surface area (Å²) in [6.07, 6.45) is 3.97. The minimum atomic E-state index is -3.23. The Hall–Kier alpha value is -0.860. The summed E-state index contributed by atoms with van der Waals surface area (Å²) in [7, 11) is -3.23. The van der Waals surface area contributed by atoms with E-state index >= 15 is 0 Å². The van der Waals surface area contributed by atoms with Gasteiger partial charge in [-0.3, -0.25) is 4.90 Å². The smallest absolute Gasteiger partial charge is 0.317 e. The summed E-state index contributed by atoms with van der Waals surface area (Å²) in [5, 5.41) is 3.00. The van der Waals surface area contributed by atoms with Crippen molar-refractivity contribution >= 4 is 16.1 Å². The molecule has 136 valence electrons. The number of carbonyl (C=O) groups excluding carboxylic acids is 1. The molecule has 0 aliphatic carbocycles. The minimum Gasteiger partial charge on any atom is -0.336 e. The van der Waals surface area contributed by atoms with E-state index < -0.39 is 10.0 Å². The first kappa shape index (κ1) is 20.2. The van der Waals surface area contributed by atoms with Gasteiger partial charge in [0.25, 0.3) is 0 Å². The van der Waals surface area contributed by atoms with Gasteiger partial charge >= 0.3 is 6.03 Å². The molecule has 7 nitrogen and oxygen atoms in total. The van der Waals surface area contributed by atoms with Crippen LogP contribution < -0.4 is 10.0 Å². The largest absolute Gasteiger partial charge is 0.336 e. The molecule has 2 amide bonds. The second kappa shape index (κ2) is 9.44. The second-order valence-electron chi connectivity index (χ2n) is 6.22. The zero-order valence-electron chi connectivity index (χ0n) is 14.8. The molecule has 0 unspecified atom stereocenters. The van der Waals surface area contributed by atoms with E-state index in [1.807, 2.05) is 0 Å². The van der Waals surface area contributed by atoms with E-state index in [4.69, 9.17) is 0 Å². The van der Waals surface area contributed by atoms with Crippen LogP contribution in [0.4, 0.5) is 4.79 Å². The highest BCUT2D eigenvalue weighted by Crippen LogP contribution is 2.16. The summed E-state index contributed by atoms with van der Waals surface area (Å²) in [5.74, 6) is 0. The Morgan fingerprint density at radius 1 is 1.30 bits per heavy atom. The normalized spacial score (nSPS) is 20.6. The van der Waals surface area contributed by atoms with Crippen LogP contribution in [-0.2, 0) is 10.0 Å². The first-order chi connectivity index (χ1) is 10.8. The van der Waals surface area contributed by atoms with Crippen molar-refractivity contribution in [3.05, 3.63) is 0 Å². The van der Waals surface area contributed by atoms with Crippen LogP contribution in [0.25, 0.3) is 0 Å². The summed E-state index contributed by atoms with van der Waals surface area (Å²) in [6.45, 7) is 9.81. The number of rotatable bonds is 8. The maximum Gasteiger partial charge on any atom is 0.317 e. The molecule has 0 aromatic heterocycles. The van der Waals surface area contributed by atoms with Crippen molar-refractivity contribution in [1.82, 2.24) is 19.8 Å². The van der Waals surface area contributed by atoms with Crippen molar-refractivity contribution in [2.24, 2.45) is 0 Å². The summed E-state index contributed by atoms with van der Waals surface area (Å²) in [5.41, 5.74) is 0.